The highest BCUT2D eigenvalue weighted by molar-refractivity contribution is 5.94. The molecule has 2 aliphatic rings. The van der Waals surface area contributed by atoms with Gasteiger partial charge in [-0.1, -0.05) is 20.3 Å². The average Bonchev–Trinajstić information content (AvgIpc) is 2.62. The van der Waals surface area contributed by atoms with Gasteiger partial charge in [0.15, 0.2) is 0 Å². The minimum absolute atomic E-state index is 0.0498. The molecule has 2 atom stereocenters. The van der Waals surface area contributed by atoms with Gasteiger partial charge in [-0.2, -0.15) is 5.10 Å². The molecule has 26 heavy (non-hydrogen) atoms. The Balaban J connectivity index is 2.12. The van der Waals surface area contributed by atoms with Crippen LogP contribution in [0, 0.1) is 23.2 Å². The Morgan fingerprint density at radius 2 is 1.81 bits per heavy atom. The van der Waals surface area contributed by atoms with Crippen molar-refractivity contribution in [3.05, 3.63) is 11.8 Å². The highest BCUT2D eigenvalue weighted by atomic mass is 19.3. The molecule has 4 nitrogen and oxygen atoms in total. The summed E-state index contributed by atoms with van der Waals surface area (Å²) in [7, 11) is 0. The van der Waals surface area contributed by atoms with Crippen LogP contribution in [-0.2, 0) is 0 Å². The lowest BCUT2D eigenvalue weighted by Crippen LogP contribution is -2.39. The standard InChI is InChI=1S/C20H34F2N4/c1-13(2)18(23)12-19(25-17-7-9-20(21,22)10-8-17)16-6-4-5-15(11-16)14(3)26-24/h12-13,15-17,23,25H,4-11,24H2,1-3H3/b19-12+,23-18?,26-14-. The predicted octanol–water partition coefficient (Wildman–Crippen LogP) is 4.85. The van der Waals surface area contributed by atoms with E-state index in [1.165, 1.54) is 0 Å². The van der Waals surface area contributed by atoms with Gasteiger partial charge in [-0.15, -0.1) is 0 Å². The Morgan fingerprint density at radius 3 is 2.38 bits per heavy atom. The van der Waals surface area contributed by atoms with Crippen LogP contribution in [0.15, 0.2) is 16.9 Å². The average molecular weight is 369 g/mol. The molecule has 0 radical (unpaired) electrons. The van der Waals surface area contributed by atoms with Gasteiger partial charge >= 0.3 is 0 Å². The third-order valence-corrected chi connectivity index (χ3v) is 5.93. The van der Waals surface area contributed by atoms with E-state index in [4.69, 9.17) is 11.3 Å². The molecule has 4 N–H and O–H groups in total. The molecule has 2 rings (SSSR count). The van der Waals surface area contributed by atoms with E-state index in [9.17, 15) is 8.78 Å². The summed E-state index contributed by atoms with van der Waals surface area (Å²) in [6.45, 7) is 5.99. The van der Waals surface area contributed by atoms with Gasteiger partial charge in [-0.3, -0.25) is 0 Å². The quantitative estimate of drug-likeness (QED) is 0.356. The van der Waals surface area contributed by atoms with Gasteiger partial charge < -0.3 is 16.6 Å². The Kier molecular flexibility index (Phi) is 7.18. The molecule has 0 bridgehead atoms. The number of hydrogen-bond donors (Lipinski definition) is 3. The summed E-state index contributed by atoms with van der Waals surface area (Å²) in [6, 6.07) is 0.0745. The Labute approximate surface area is 156 Å². The first-order chi connectivity index (χ1) is 12.2. The van der Waals surface area contributed by atoms with Crippen molar-refractivity contribution in [3.63, 3.8) is 0 Å². The van der Waals surface area contributed by atoms with E-state index in [1.54, 1.807) is 0 Å². The summed E-state index contributed by atoms with van der Waals surface area (Å²) in [5.41, 5.74) is 2.61. The minimum atomic E-state index is -2.52. The number of nitrogens with zero attached hydrogens (tertiary/aromatic N) is 1. The number of hydrazone groups is 1. The predicted molar refractivity (Wildman–Crippen MR) is 104 cm³/mol. The van der Waals surface area contributed by atoms with Gasteiger partial charge in [0.2, 0.25) is 5.92 Å². The van der Waals surface area contributed by atoms with Gasteiger partial charge in [0, 0.05) is 36.0 Å². The molecule has 0 saturated heterocycles. The third-order valence-electron chi connectivity index (χ3n) is 5.93. The van der Waals surface area contributed by atoms with E-state index in [0.29, 0.717) is 30.4 Å². The van der Waals surface area contributed by atoms with E-state index in [1.807, 2.05) is 26.8 Å². The third kappa shape index (κ3) is 5.78. The van der Waals surface area contributed by atoms with E-state index in [-0.39, 0.29) is 24.8 Å². The second-order valence-electron chi connectivity index (χ2n) is 8.32. The fraction of sp³-hybridized carbons (Fsp3) is 0.800. The molecule has 6 heteroatoms. The van der Waals surface area contributed by atoms with Crippen molar-refractivity contribution in [2.24, 2.45) is 28.7 Å². The molecule has 2 unspecified atom stereocenters. The molecule has 2 aliphatic carbocycles. The molecule has 2 fully saturated rings. The van der Waals surface area contributed by atoms with Crippen LogP contribution in [0.3, 0.4) is 0 Å². The first-order valence-corrected chi connectivity index (χ1v) is 9.90. The molecule has 0 amide bonds. The summed E-state index contributed by atoms with van der Waals surface area (Å²) in [5.74, 6) is 3.78. The van der Waals surface area contributed by atoms with Crippen LogP contribution in [0.2, 0.25) is 0 Å². The molecule has 0 aromatic heterocycles. The van der Waals surface area contributed by atoms with Crippen LogP contribution in [0.4, 0.5) is 8.78 Å². The highest BCUT2D eigenvalue weighted by Gasteiger charge is 2.36. The lowest BCUT2D eigenvalue weighted by atomic mass is 9.77. The molecular weight excluding hydrogens is 334 g/mol. The number of halogens is 2. The minimum Gasteiger partial charge on any atom is -0.385 e. The smallest absolute Gasteiger partial charge is 0.248 e. The second kappa shape index (κ2) is 8.96. The maximum absolute atomic E-state index is 13.5. The molecule has 0 aromatic rings. The normalized spacial score (nSPS) is 28.2. The summed E-state index contributed by atoms with van der Waals surface area (Å²) >= 11 is 0. The zero-order valence-electron chi connectivity index (χ0n) is 16.3. The maximum atomic E-state index is 13.5. The van der Waals surface area contributed by atoms with E-state index in [2.05, 4.69) is 10.4 Å². The van der Waals surface area contributed by atoms with E-state index in [0.717, 1.165) is 37.1 Å². The number of hydrogen-bond acceptors (Lipinski definition) is 4. The van der Waals surface area contributed by atoms with Crippen LogP contribution in [0.1, 0.15) is 72.1 Å². The largest absolute Gasteiger partial charge is 0.385 e. The van der Waals surface area contributed by atoms with Gasteiger partial charge in [0.25, 0.3) is 0 Å². The Morgan fingerprint density at radius 1 is 1.19 bits per heavy atom. The number of nitrogens with two attached hydrogens (primary N) is 1. The number of rotatable bonds is 6. The van der Waals surface area contributed by atoms with E-state index >= 15 is 0 Å². The lowest BCUT2D eigenvalue weighted by molar-refractivity contribution is -0.0399. The summed E-state index contributed by atoms with van der Waals surface area (Å²) < 4.78 is 26.9. The SMILES string of the molecule is C/C(=N/N)C1CCCC(/C(=C\C(=N)C(C)C)NC2CCC(F)(F)CC2)C1. The number of allylic oxidation sites excluding steroid dienone is 2. The molecule has 0 aromatic carbocycles. The van der Waals surface area contributed by atoms with Crippen LogP contribution in [0.25, 0.3) is 0 Å². The summed E-state index contributed by atoms with van der Waals surface area (Å²) in [4.78, 5) is 0. The van der Waals surface area contributed by atoms with Crippen LogP contribution >= 0.6 is 0 Å². The van der Waals surface area contributed by atoms with Gasteiger partial charge in [-0.25, -0.2) is 8.78 Å². The van der Waals surface area contributed by atoms with E-state index < -0.39 is 5.92 Å². The van der Waals surface area contributed by atoms with Crippen LogP contribution < -0.4 is 11.2 Å². The summed E-state index contributed by atoms with van der Waals surface area (Å²) in [5, 5.41) is 15.7. The van der Waals surface area contributed by atoms with Crippen molar-refractivity contribution < 1.29 is 8.78 Å². The molecule has 0 heterocycles. The topological polar surface area (TPSA) is 74.3 Å². The first kappa shape index (κ1) is 20.8. The van der Waals surface area contributed by atoms with Crippen molar-refractivity contribution in [2.75, 3.05) is 0 Å². The molecular formula is C20H34F2N4. The number of nitrogens with one attached hydrogen (secondary N) is 2. The fourth-order valence-corrected chi connectivity index (χ4v) is 3.99. The number of alkyl halides is 2. The fourth-order valence-electron chi connectivity index (χ4n) is 3.99. The second-order valence-corrected chi connectivity index (χ2v) is 8.32. The van der Waals surface area contributed by atoms with Crippen molar-refractivity contribution in [3.8, 4) is 0 Å². The molecule has 0 spiro atoms. The molecule has 2 saturated carbocycles. The first-order valence-electron chi connectivity index (χ1n) is 9.90. The Hall–Kier alpha value is -1.46. The van der Waals surface area contributed by atoms with Crippen molar-refractivity contribution in [1.29, 1.82) is 5.41 Å². The maximum Gasteiger partial charge on any atom is 0.248 e. The molecule has 148 valence electrons. The van der Waals surface area contributed by atoms with Gasteiger partial charge in [0.1, 0.15) is 0 Å². The van der Waals surface area contributed by atoms with Gasteiger partial charge in [-0.05, 0) is 62.9 Å². The van der Waals surface area contributed by atoms with Crippen molar-refractivity contribution >= 4 is 11.4 Å². The lowest BCUT2D eigenvalue weighted by Gasteiger charge is -2.35. The highest BCUT2D eigenvalue weighted by Crippen LogP contribution is 2.37. The zero-order valence-corrected chi connectivity index (χ0v) is 16.3. The van der Waals surface area contributed by atoms with Crippen LogP contribution in [-0.4, -0.2) is 23.4 Å². The zero-order chi connectivity index (χ0) is 19.3. The molecule has 0 aliphatic heterocycles. The monoisotopic (exact) mass is 368 g/mol. The van der Waals surface area contributed by atoms with Crippen LogP contribution in [0.5, 0.6) is 0 Å². The van der Waals surface area contributed by atoms with Crippen molar-refractivity contribution in [2.45, 2.75) is 84.1 Å². The Bertz CT molecular complexity index is 544. The van der Waals surface area contributed by atoms with Gasteiger partial charge in [0.05, 0.1) is 0 Å². The van der Waals surface area contributed by atoms with Crippen molar-refractivity contribution in [1.82, 2.24) is 5.32 Å². The summed E-state index contributed by atoms with van der Waals surface area (Å²) in [6.07, 6.45) is 7.02.